The fourth-order valence-electron chi connectivity index (χ4n) is 3.30. The maximum absolute atomic E-state index is 12.0. The normalized spacial score (nSPS) is 12.2. The minimum Gasteiger partial charge on any atom is -0.412 e. The molecule has 2 amide bonds. The minimum atomic E-state index is -0.131. The molecule has 0 aliphatic carbocycles. The standard InChI is InChI=1S/C24H34N8O4S2.H2O/c1-15(31(13-35)11-19-9-27-17(3)29-23(19)25)21(5-7-33)37-38-22(6-8-34)16(2)32(14-36)12-20-10-28-18(4)30-24(20)26;/h9-10,13-14,33-34H,5-8,11-12H2,1-4H3,(H2,25,27,29)(H2,26,28,30);1H2/b21-15+,22-16+;. The summed E-state index contributed by atoms with van der Waals surface area (Å²) in [5.41, 5.74) is 14.5. The van der Waals surface area contributed by atoms with Gasteiger partial charge in [0.2, 0.25) is 12.8 Å². The Kier molecular flexibility index (Phi) is 14.4. The van der Waals surface area contributed by atoms with Crippen LogP contribution < -0.4 is 11.5 Å². The summed E-state index contributed by atoms with van der Waals surface area (Å²) in [5.74, 6) is 1.65. The predicted molar refractivity (Wildman–Crippen MR) is 153 cm³/mol. The maximum Gasteiger partial charge on any atom is 0.214 e. The summed E-state index contributed by atoms with van der Waals surface area (Å²) in [6, 6.07) is 0. The van der Waals surface area contributed by atoms with Crippen LogP contribution in [0.3, 0.4) is 0 Å². The number of allylic oxidation sites excluding steroid dienone is 2. The lowest BCUT2D eigenvalue weighted by Gasteiger charge is -2.24. The van der Waals surface area contributed by atoms with Crippen molar-refractivity contribution in [2.24, 2.45) is 0 Å². The second kappa shape index (κ2) is 16.7. The van der Waals surface area contributed by atoms with E-state index in [4.69, 9.17) is 11.5 Å². The van der Waals surface area contributed by atoms with Crippen LogP contribution in [0.15, 0.2) is 33.6 Å². The van der Waals surface area contributed by atoms with Gasteiger partial charge in [-0.05, 0) is 27.7 Å². The van der Waals surface area contributed by atoms with E-state index in [1.54, 1.807) is 40.1 Å². The number of aromatic nitrogens is 4. The second-order valence-corrected chi connectivity index (χ2v) is 10.6. The van der Waals surface area contributed by atoms with Gasteiger partial charge in [-0.15, -0.1) is 0 Å². The summed E-state index contributed by atoms with van der Waals surface area (Å²) < 4.78 is 0. The van der Waals surface area contributed by atoms with Gasteiger partial charge in [-0.25, -0.2) is 19.9 Å². The second-order valence-electron chi connectivity index (χ2n) is 8.25. The summed E-state index contributed by atoms with van der Waals surface area (Å²) in [5, 5.41) is 19.4. The van der Waals surface area contributed by atoms with Crippen LogP contribution in [-0.4, -0.2) is 71.5 Å². The highest BCUT2D eigenvalue weighted by molar-refractivity contribution is 8.79. The SMILES string of the molecule is C/C(=C(/CCO)SS/C(CCO)=C(\C)N(C=O)Cc1cnc(C)nc1N)N(C=O)Cc1cnc(C)nc1N.O. The van der Waals surface area contributed by atoms with E-state index in [9.17, 15) is 19.8 Å². The van der Waals surface area contributed by atoms with Crippen molar-refractivity contribution < 1.29 is 25.3 Å². The molecule has 2 heterocycles. The van der Waals surface area contributed by atoms with E-state index < -0.39 is 0 Å². The summed E-state index contributed by atoms with van der Waals surface area (Å²) in [7, 11) is 2.69. The summed E-state index contributed by atoms with van der Waals surface area (Å²) in [6.07, 6.45) is 5.15. The van der Waals surface area contributed by atoms with Gasteiger partial charge in [-0.1, -0.05) is 21.6 Å². The molecule has 0 saturated heterocycles. The Balaban J connectivity index is 0.00000760. The molecule has 2 aromatic rings. The van der Waals surface area contributed by atoms with Gasteiger partial charge in [0.25, 0.3) is 0 Å². The Morgan fingerprint density at radius 3 is 1.46 bits per heavy atom. The molecule has 0 saturated carbocycles. The lowest BCUT2D eigenvalue weighted by Crippen LogP contribution is -2.22. The number of rotatable bonds is 15. The van der Waals surface area contributed by atoms with Gasteiger partial charge in [0.15, 0.2) is 0 Å². The molecular weight excluding hydrogens is 544 g/mol. The van der Waals surface area contributed by atoms with E-state index in [-0.39, 0.29) is 31.8 Å². The average molecular weight is 581 g/mol. The van der Waals surface area contributed by atoms with Gasteiger partial charge in [-0.2, -0.15) is 0 Å². The van der Waals surface area contributed by atoms with Crippen LogP contribution in [0, 0.1) is 13.8 Å². The number of hydrogen-bond donors (Lipinski definition) is 4. The van der Waals surface area contributed by atoms with E-state index in [0.717, 1.165) is 9.81 Å². The molecule has 0 aliphatic heterocycles. The summed E-state index contributed by atoms with van der Waals surface area (Å²) in [4.78, 5) is 45.0. The number of carbonyl (C=O) groups is 2. The van der Waals surface area contributed by atoms with Gasteiger partial charge < -0.3 is 37.0 Å². The quantitative estimate of drug-likeness (QED) is 0.174. The van der Waals surface area contributed by atoms with Crippen molar-refractivity contribution in [3.63, 3.8) is 0 Å². The number of aliphatic hydroxyl groups is 2. The molecule has 0 aromatic carbocycles. The van der Waals surface area contributed by atoms with Crippen LogP contribution in [0.1, 0.15) is 49.5 Å². The lowest BCUT2D eigenvalue weighted by molar-refractivity contribution is -0.117. The Hall–Kier alpha value is -3.24. The number of carbonyl (C=O) groups excluding carboxylic acids is 2. The first kappa shape index (κ1) is 33.8. The van der Waals surface area contributed by atoms with Gasteiger partial charge in [0.1, 0.15) is 23.3 Å². The maximum atomic E-state index is 12.0. The molecule has 0 unspecified atom stereocenters. The third kappa shape index (κ3) is 9.78. The topological polar surface area (TPSA) is 216 Å². The number of amides is 2. The molecule has 15 heteroatoms. The van der Waals surface area contributed by atoms with Crippen molar-refractivity contribution in [2.45, 2.75) is 53.6 Å². The van der Waals surface area contributed by atoms with E-state index in [1.165, 1.54) is 31.4 Å². The van der Waals surface area contributed by atoms with Crippen LogP contribution in [0.2, 0.25) is 0 Å². The third-order valence-corrected chi connectivity index (χ3v) is 8.50. The highest BCUT2D eigenvalue weighted by atomic mass is 33.1. The van der Waals surface area contributed by atoms with Crippen LogP contribution in [0.25, 0.3) is 0 Å². The molecule has 39 heavy (non-hydrogen) atoms. The first-order chi connectivity index (χ1) is 18.1. The van der Waals surface area contributed by atoms with Crippen LogP contribution in [-0.2, 0) is 22.7 Å². The number of nitrogens with two attached hydrogens (primary N) is 2. The zero-order chi connectivity index (χ0) is 28.2. The van der Waals surface area contributed by atoms with Crippen LogP contribution in [0.5, 0.6) is 0 Å². The highest BCUT2D eigenvalue weighted by Gasteiger charge is 2.18. The largest absolute Gasteiger partial charge is 0.412 e. The Labute approximate surface area is 235 Å². The Morgan fingerprint density at radius 2 is 1.18 bits per heavy atom. The smallest absolute Gasteiger partial charge is 0.214 e. The first-order valence-electron chi connectivity index (χ1n) is 11.7. The molecule has 0 spiro atoms. The molecular formula is C24H36N8O5S2. The highest BCUT2D eigenvalue weighted by Crippen LogP contribution is 2.42. The van der Waals surface area contributed by atoms with Gasteiger partial charge in [0, 0.05) is 70.8 Å². The molecule has 0 aliphatic rings. The lowest BCUT2D eigenvalue weighted by atomic mass is 10.2. The zero-order valence-corrected chi connectivity index (χ0v) is 24.1. The first-order valence-corrected chi connectivity index (χ1v) is 13.9. The number of anilines is 2. The number of nitrogens with zero attached hydrogens (tertiary/aromatic N) is 6. The monoisotopic (exact) mass is 580 g/mol. The average Bonchev–Trinajstić information content (AvgIpc) is 2.88. The molecule has 2 aromatic heterocycles. The minimum absolute atomic E-state index is 0. The van der Waals surface area contributed by atoms with E-state index in [2.05, 4.69) is 19.9 Å². The van der Waals surface area contributed by atoms with E-state index >= 15 is 0 Å². The van der Waals surface area contributed by atoms with Crippen LogP contribution >= 0.6 is 21.6 Å². The molecule has 0 fully saturated rings. The molecule has 13 nitrogen and oxygen atoms in total. The van der Waals surface area contributed by atoms with Crippen molar-refractivity contribution in [1.82, 2.24) is 29.7 Å². The number of nitrogen functional groups attached to an aromatic ring is 2. The predicted octanol–water partition coefficient (Wildman–Crippen LogP) is 1.45. The number of aliphatic hydroxyl groups excluding tert-OH is 2. The Morgan fingerprint density at radius 1 is 0.821 bits per heavy atom. The Bertz CT molecular complexity index is 1100. The van der Waals surface area contributed by atoms with Gasteiger partial charge in [-0.3, -0.25) is 9.59 Å². The van der Waals surface area contributed by atoms with E-state index in [0.29, 0.717) is 71.5 Å². The summed E-state index contributed by atoms with van der Waals surface area (Å²) in [6.45, 7) is 7.08. The molecule has 8 N–H and O–H groups in total. The zero-order valence-electron chi connectivity index (χ0n) is 22.4. The third-order valence-electron chi connectivity index (χ3n) is 5.56. The molecule has 2 rings (SSSR count). The van der Waals surface area contributed by atoms with Crippen molar-refractivity contribution in [1.29, 1.82) is 0 Å². The summed E-state index contributed by atoms with van der Waals surface area (Å²) >= 11 is 0. The molecule has 0 radical (unpaired) electrons. The fourth-order valence-corrected chi connectivity index (χ4v) is 6.15. The van der Waals surface area contributed by atoms with Gasteiger partial charge >= 0.3 is 0 Å². The van der Waals surface area contributed by atoms with Crippen molar-refractivity contribution in [3.05, 3.63) is 56.4 Å². The number of hydrogen-bond acceptors (Lipinski definition) is 12. The van der Waals surface area contributed by atoms with Crippen molar-refractivity contribution in [2.75, 3.05) is 24.7 Å². The van der Waals surface area contributed by atoms with E-state index in [1.807, 2.05) is 0 Å². The van der Waals surface area contributed by atoms with Gasteiger partial charge in [0.05, 0.1) is 13.1 Å². The van der Waals surface area contributed by atoms with Crippen molar-refractivity contribution >= 4 is 46.0 Å². The van der Waals surface area contributed by atoms with Crippen molar-refractivity contribution in [3.8, 4) is 0 Å². The van der Waals surface area contributed by atoms with Crippen LogP contribution in [0.4, 0.5) is 11.6 Å². The molecule has 0 bridgehead atoms. The number of aryl methyl sites for hydroxylation is 2. The molecule has 0 atom stereocenters. The molecule has 214 valence electrons. The fraction of sp³-hybridized carbons (Fsp3) is 0.417.